The lowest BCUT2D eigenvalue weighted by Gasteiger charge is -2.17. The van der Waals surface area contributed by atoms with Gasteiger partial charge in [0, 0.05) is 12.6 Å². The van der Waals surface area contributed by atoms with Crippen molar-refractivity contribution in [3.05, 3.63) is 21.0 Å². The zero-order valence-corrected chi connectivity index (χ0v) is 13.1. The maximum Gasteiger partial charge on any atom is 0.283 e. The predicted molar refractivity (Wildman–Crippen MR) is 79.5 cm³/mol. The van der Waals surface area contributed by atoms with Crippen LogP contribution in [0.2, 0.25) is 0 Å². The Kier molecular flexibility index (Phi) is 6.47. The van der Waals surface area contributed by atoms with Crippen molar-refractivity contribution in [2.24, 2.45) is 0 Å². The average molecular weight is 333 g/mol. The molecule has 6 nitrogen and oxygen atoms in total. The van der Waals surface area contributed by atoms with E-state index in [1.807, 2.05) is 25.9 Å². The molecule has 0 amide bonds. The van der Waals surface area contributed by atoms with Gasteiger partial charge in [-0.2, -0.15) is 5.10 Å². The van der Waals surface area contributed by atoms with Crippen LogP contribution in [-0.4, -0.2) is 53.1 Å². The van der Waals surface area contributed by atoms with Crippen LogP contribution < -0.4 is 10.9 Å². The van der Waals surface area contributed by atoms with Gasteiger partial charge in [-0.25, -0.2) is 4.68 Å². The van der Waals surface area contributed by atoms with E-state index in [2.05, 4.69) is 26.3 Å². The molecule has 19 heavy (non-hydrogen) atoms. The van der Waals surface area contributed by atoms with Crippen molar-refractivity contribution in [1.29, 1.82) is 0 Å². The second-order valence-electron chi connectivity index (χ2n) is 4.64. The summed E-state index contributed by atoms with van der Waals surface area (Å²) in [6, 6.07) is -0.0740. The van der Waals surface area contributed by atoms with Crippen molar-refractivity contribution in [2.75, 3.05) is 32.6 Å². The van der Waals surface area contributed by atoms with Gasteiger partial charge in [0.05, 0.1) is 25.0 Å². The summed E-state index contributed by atoms with van der Waals surface area (Å²) in [5.41, 5.74) is 0.451. The molecule has 7 heteroatoms. The van der Waals surface area contributed by atoms with Crippen LogP contribution in [-0.2, 0) is 6.54 Å². The Morgan fingerprint density at radius 1 is 1.58 bits per heavy atom. The SMILES string of the molecule is CCC(CO)Nc1cnn(CCN(C)C)c(=O)c1Br. The number of hydrogen-bond acceptors (Lipinski definition) is 5. The molecule has 2 N–H and O–H groups in total. The minimum atomic E-state index is -0.167. The van der Waals surface area contributed by atoms with Gasteiger partial charge in [-0.05, 0) is 36.4 Å². The number of aliphatic hydroxyl groups is 1. The largest absolute Gasteiger partial charge is 0.394 e. The number of hydrogen-bond donors (Lipinski definition) is 2. The van der Waals surface area contributed by atoms with Gasteiger partial charge in [0.1, 0.15) is 4.47 Å². The molecule has 1 heterocycles. The van der Waals surface area contributed by atoms with E-state index in [0.29, 0.717) is 16.7 Å². The van der Waals surface area contributed by atoms with E-state index < -0.39 is 0 Å². The van der Waals surface area contributed by atoms with Gasteiger partial charge in [0.15, 0.2) is 0 Å². The lowest BCUT2D eigenvalue weighted by atomic mass is 10.2. The monoisotopic (exact) mass is 332 g/mol. The van der Waals surface area contributed by atoms with E-state index in [-0.39, 0.29) is 18.2 Å². The fourth-order valence-electron chi connectivity index (χ4n) is 1.52. The Balaban J connectivity index is 2.88. The number of aromatic nitrogens is 2. The first-order chi connectivity index (χ1) is 8.99. The highest BCUT2D eigenvalue weighted by Gasteiger charge is 2.12. The van der Waals surface area contributed by atoms with Crippen LogP contribution in [0, 0.1) is 0 Å². The summed E-state index contributed by atoms with van der Waals surface area (Å²) < 4.78 is 1.88. The smallest absolute Gasteiger partial charge is 0.283 e. The van der Waals surface area contributed by atoms with Crippen molar-refractivity contribution in [2.45, 2.75) is 25.9 Å². The van der Waals surface area contributed by atoms with Gasteiger partial charge < -0.3 is 15.3 Å². The van der Waals surface area contributed by atoms with Crippen molar-refractivity contribution < 1.29 is 5.11 Å². The molecule has 0 aliphatic carbocycles. The summed E-state index contributed by atoms with van der Waals surface area (Å²) >= 11 is 3.29. The summed E-state index contributed by atoms with van der Waals surface area (Å²) in [6.45, 7) is 3.28. The molecule has 0 fully saturated rings. The van der Waals surface area contributed by atoms with Crippen LogP contribution in [0.4, 0.5) is 5.69 Å². The second kappa shape index (κ2) is 7.62. The highest BCUT2D eigenvalue weighted by atomic mass is 79.9. The van der Waals surface area contributed by atoms with Gasteiger partial charge in [-0.1, -0.05) is 6.92 Å². The van der Waals surface area contributed by atoms with E-state index in [9.17, 15) is 4.79 Å². The molecule has 1 atom stereocenters. The number of halogens is 1. The highest BCUT2D eigenvalue weighted by molar-refractivity contribution is 9.10. The number of rotatable bonds is 7. The van der Waals surface area contributed by atoms with Crippen LogP contribution in [0.25, 0.3) is 0 Å². The molecule has 0 saturated carbocycles. The number of anilines is 1. The maximum absolute atomic E-state index is 12.1. The highest BCUT2D eigenvalue weighted by Crippen LogP contribution is 2.17. The maximum atomic E-state index is 12.1. The fraction of sp³-hybridized carbons (Fsp3) is 0.667. The molecule has 0 aromatic carbocycles. The molecular formula is C12H21BrN4O2. The molecule has 1 rings (SSSR count). The van der Waals surface area contributed by atoms with Crippen LogP contribution in [0.5, 0.6) is 0 Å². The van der Waals surface area contributed by atoms with Crippen molar-refractivity contribution in [3.8, 4) is 0 Å². The Morgan fingerprint density at radius 3 is 2.79 bits per heavy atom. The predicted octanol–water partition coefficient (Wildman–Crippen LogP) is 0.750. The zero-order chi connectivity index (χ0) is 14.4. The molecule has 108 valence electrons. The molecule has 0 aliphatic rings. The van der Waals surface area contributed by atoms with E-state index in [0.717, 1.165) is 13.0 Å². The molecule has 0 aliphatic heterocycles. The van der Waals surface area contributed by atoms with Crippen molar-refractivity contribution in [3.63, 3.8) is 0 Å². The number of likely N-dealkylation sites (N-methyl/N-ethyl adjacent to an activating group) is 1. The van der Waals surface area contributed by atoms with E-state index in [1.54, 1.807) is 6.20 Å². The van der Waals surface area contributed by atoms with Crippen LogP contribution in [0.15, 0.2) is 15.5 Å². The first kappa shape index (κ1) is 16.1. The fourth-order valence-corrected chi connectivity index (χ4v) is 1.94. The first-order valence-corrected chi connectivity index (χ1v) is 7.06. The molecule has 0 spiro atoms. The minimum Gasteiger partial charge on any atom is -0.394 e. The lowest BCUT2D eigenvalue weighted by Crippen LogP contribution is -2.31. The second-order valence-corrected chi connectivity index (χ2v) is 5.43. The quantitative estimate of drug-likeness (QED) is 0.771. The number of nitrogens with one attached hydrogen (secondary N) is 1. The molecule has 1 aromatic rings. The average Bonchev–Trinajstić information content (AvgIpc) is 2.39. The standard InChI is InChI=1S/C12H21BrN4O2/c1-4-9(8-18)15-10-7-14-17(6-5-16(2)3)12(19)11(10)13/h7,9,15,18H,4-6,8H2,1-3H3. The van der Waals surface area contributed by atoms with Gasteiger partial charge in [-0.15, -0.1) is 0 Å². The van der Waals surface area contributed by atoms with E-state index in [4.69, 9.17) is 5.11 Å². The third kappa shape index (κ3) is 4.59. The van der Waals surface area contributed by atoms with Gasteiger partial charge >= 0.3 is 0 Å². The Morgan fingerprint density at radius 2 is 2.26 bits per heavy atom. The van der Waals surface area contributed by atoms with E-state index >= 15 is 0 Å². The summed E-state index contributed by atoms with van der Waals surface area (Å²) in [6.07, 6.45) is 2.38. The Hall–Kier alpha value is -0.920. The number of nitrogens with zero attached hydrogens (tertiary/aromatic N) is 3. The third-order valence-electron chi connectivity index (χ3n) is 2.82. The van der Waals surface area contributed by atoms with Crippen LogP contribution >= 0.6 is 15.9 Å². The summed E-state index contributed by atoms with van der Waals surface area (Å²) in [5.74, 6) is 0. The summed E-state index contributed by atoms with van der Waals surface area (Å²) in [7, 11) is 3.90. The molecule has 0 bridgehead atoms. The van der Waals surface area contributed by atoms with E-state index in [1.165, 1.54) is 4.68 Å². The van der Waals surface area contributed by atoms with Crippen molar-refractivity contribution >= 4 is 21.6 Å². The first-order valence-electron chi connectivity index (χ1n) is 6.27. The summed E-state index contributed by atoms with van der Waals surface area (Å²) in [4.78, 5) is 14.1. The molecule has 1 aromatic heterocycles. The summed E-state index contributed by atoms with van der Waals surface area (Å²) in [5, 5.41) is 16.4. The lowest BCUT2D eigenvalue weighted by molar-refractivity contribution is 0.271. The zero-order valence-electron chi connectivity index (χ0n) is 11.6. The Labute approximate surface area is 121 Å². The van der Waals surface area contributed by atoms with Crippen molar-refractivity contribution in [1.82, 2.24) is 14.7 Å². The Bertz CT molecular complexity index is 458. The van der Waals surface area contributed by atoms with Gasteiger partial charge in [0.25, 0.3) is 5.56 Å². The molecule has 0 radical (unpaired) electrons. The molecule has 0 saturated heterocycles. The molecule has 1 unspecified atom stereocenters. The van der Waals surface area contributed by atoms with Gasteiger partial charge in [0.2, 0.25) is 0 Å². The number of aliphatic hydroxyl groups excluding tert-OH is 1. The topological polar surface area (TPSA) is 70.4 Å². The molecular weight excluding hydrogens is 312 g/mol. The van der Waals surface area contributed by atoms with Gasteiger partial charge in [-0.3, -0.25) is 4.79 Å². The van der Waals surface area contributed by atoms with Crippen LogP contribution in [0.3, 0.4) is 0 Å². The third-order valence-corrected chi connectivity index (χ3v) is 3.58. The van der Waals surface area contributed by atoms with Crippen LogP contribution in [0.1, 0.15) is 13.3 Å². The normalized spacial score (nSPS) is 12.7. The minimum absolute atomic E-state index is 0.0205.